The predicted octanol–water partition coefficient (Wildman–Crippen LogP) is 2.87. The lowest BCUT2D eigenvalue weighted by Crippen LogP contribution is -2.37. The number of hydrogen-bond donors (Lipinski definition) is 2. The van der Waals surface area contributed by atoms with Gasteiger partial charge in [0.1, 0.15) is 10.6 Å². The molecule has 0 spiro atoms. The summed E-state index contributed by atoms with van der Waals surface area (Å²) in [6.07, 6.45) is 5.02. The quantitative estimate of drug-likeness (QED) is 0.425. The molecule has 1 unspecified atom stereocenters. The number of anilines is 2. The van der Waals surface area contributed by atoms with Crippen molar-refractivity contribution < 1.29 is 13.2 Å². The smallest absolute Gasteiger partial charge is 0.238 e. The van der Waals surface area contributed by atoms with Crippen molar-refractivity contribution in [2.24, 2.45) is 5.14 Å². The van der Waals surface area contributed by atoms with Crippen LogP contribution in [0.4, 0.5) is 11.5 Å². The number of nitrogens with zero attached hydrogens (tertiary/aromatic N) is 3. The molecular formula is C21H23N5O3S3. The van der Waals surface area contributed by atoms with E-state index in [9.17, 15) is 13.2 Å². The van der Waals surface area contributed by atoms with Crippen molar-refractivity contribution in [2.75, 3.05) is 16.4 Å². The first-order valence-corrected chi connectivity index (χ1v) is 13.8. The molecule has 8 nitrogen and oxygen atoms in total. The molecule has 4 N–H and O–H groups in total. The Kier molecular flexibility index (Phi) is 5.39. The van der Waals surface area contributed by atoms with Gasteiger partial charge in [-0.15, -0.1) is 11.3 Å². The van der Waals surface area contributed by atoms with Crippen molar-refractivity contribution in [1.29, 1.82) is 0 Å². The van der Waals surface area contributed by atoms with Crippen molar-refractivity contribution in [1.82, 2.24) is 9.97 Å². The van der Waals surface area contributed by atoms with Gasteiger partial charge in [-0.1, -0.05) is 11.8 Å². The summed E-state index contributed by atoms with van der Waals surface area (Å²) in [5.41, 5.74) is 9.09. The minimum Gasteiger partial charge on any atom is -0.383 e. The number of rotatable bonds is 4. The fraction of sp³-hybridized carbons (Fsp3) is 0.381. The predicted molar refractivity (Wildman–Crippen MR) is 128 cm³/mol. The third-order valence-corrected chi connectivity index (χ3v) is 8.94. The number of nitrogens with two attached hydrogens (primary N) is 2. The number of aryl methyl sites for hydroxylation is 2. The van der Waals surface area contributed by atoms with Crippen LogP contribution < -0.4 is 15.8 Å². The lowest BCUT2D eigenvalue weighted by Gasteiger charge is -2.22. The SMILES string of the molecule is CC1Cc2cc(S(N)(=O)=O)ccc2N1C(=O)CSc1nc(N)c2c3c(sc2n1)CCCC3. The van der Waals surface area contributed by atoms with Crippen LogP contribution >= 0.6 is 23.1 Å². The first-order chi connectivity index (χ1) is 15.2. The molecule has 0 bridgehead atoms. The van der Waals surface area contributed by atoms with Gasteiger partial charge in [0.05, 0.1) is 16.0 Å². The van der Waals surface area contributed by atoms with Crippen LogP contribution in [-0.2, 0) is 34.1 Å². The third kappa shape index (κ3) is 3.76. The lowest BCUT2D eigenvalue weighted by atomic mass is 9.97. The van der Waals surface area contributed by atoms with E-state index in [1.165, 1.54) is 34.7 Å². The number of carbonyl (C=O) groups excluding carboxylic acids is 1. The molecule has 1 atom stereocenters. The molecule has 3 aromatic rings. The second-order valence-corrected chi connectivity index (χ2v) is 11.8. The summed E-state index contributed by atoms with van der Waals surface area (Å²) in [5, 5.41) is 6.72. The number of carbonyl (C=O) groups is 1. The molecular weight excluding hydrogens is 466 g/mol. The minimum atomic E-state index is -3.78. The van der Waals surface area contributed by atoms with Gasteiger partial charge in [-0.25, -0.2) is 23.5 Å². The summed E-state index contributed by atoms with van der Waals surface area (Å²) < 4.78 is 23.3. The van der Waals surface area contributed by atoms with Crippen LogP contribution in [0, 0.1) is 0 Å². The van der Waals surface area contributed by atoms with Gasteiger partial charge in [0.15, 0.2) is 5.16 Å². The number of amides is 1. The molecule has 1 amide bonds. The van der Waals surface area contributed by atoms with E-state index in [-0.39, 0.29) is 22.6 Å². The van der Waals surface area contributed by atoms with Gasteiger partial charge < -0.3 is 10.6 Å². The Morgan fingerprint density at radius 3 is 2.84 bits per heavy atom. The molecule has 3 heterocycles. The molecule has 1 aromatic carbocycles. The molecule has 2 aromatic heterocycles. The largest absolute Gasteiger partial charge is 0.383 e. The van der Waals surface area contributed by atoms with Gasteiger partial charge >= 0.3 is 0 Å². The molecule has 1 aliphatic carbocycles. The average molecular weight is 490 g/mol. The summed E-state index contributed by atoms with van der Waals surface area (Å²) in [6, 6.07) is 4.57. The highest BCUT2D eigenvalue weighted by atomic mass is 32.2. The fourth-order valence-corrected chi connectivity index (χ4v) is 7.19. The summed E-state index contributed by atoms with van der Waals surface area (Å²) >= 11 is 2.95. The zero-order valence-corrected chi connectivity index (χ0v) is 19.9. The van der Waals surface area contributed by atoms with E-state index in [0.29, 0.717) is 17.4 Å². The van der Waals surface area contributed by atoms with Crippen LogP contribution in [-0.4, -0.2) is 36.1 Å². The van der Waals surface area contributed by atoms with Crippen LogP contribution in [0.1, 0.15) is 35.8 Å². The number of thiophene rings is 1. The standard InChI is InChI=1S/C21H23N5O3S3/c1-11-8-12-9-13(32(23,28)29)6-7-15(12)26(11)17(27)10-30-21-24-19(22)18-14-4-2-3-5-16(14)31-20(18)25-21/h6-7,9,11H,2-5,8,10H2,1H3,(H2,22,24,25)(H2,23,28,29). The number of primary sulfonamides is 1. The maximum absolute atomic E-state index is 13.1. The van der Waals surface area contributed by atoms with E-state index in [2.05, 4.69) is 9.97 Å². The van der Waals surface area contributed by atoms with E-state index in [4.69, 9.17) is 10.9 Å². The molecule has 168 valence electrons. The first-order valence-electron chi connectivity index (χ1n) is 10.4. The number of fused-ring (bicyclic) bond motifs is 4. The first kappa shape index (κ1) is 21.6. The average Bonchev–Trinajstić information content (AvgIpc) is 3.27. The van der Waals surface area contributed by atoms with Crippen molar-refractivity contribution in [3.63, 3.8) is 0 Å². The lowest BCUT2D eigenvalue weighted by molar-refractivity contribution is -0.116. The highest BCUT2D eigenvalue weighted by Gasteiger charge is 2.32. The zero-order valence-electron chi connectivity index (χ0n) is 17.5. The van der Waals surface area contributed by atoms with Gasteiger partial charge in [-0.05, 0) is 68.4 Å². The molecule has 11 heteroatoms. The molecule has 2 aliphatic rings. The minimum absolute atomic E-state index is 0.0583. The van der Waals surface area contributed by atoms with E-state index in [0.717, 1.165) is 40.7 Å². The Labute approximate surface area is 194 Å². The molecule has 0 fully saturated rings. The molecule has 0 radical (unpaired) electrons. The second kappa shape index (κ2) is 7.98. The summed E-state index contributed by atoms with van der Waals surface area (Å²) in [6.45, 7) is 1.94. The fourth-order valence-electron chi connectivity index (χ4n) is 4.59. The number of thioether (sulfide) groups is 1. The van der Waals surface area contributed by atoms with Gasteiger partial charge in [0, 0.05) is 16.6 Å². The van der Waals surface area contributed by atoms with Crippen molar-refractivity contribution in [3.8, 4) is 0 Å². The molecule has 1 aliphatic heterocycles. The topological polar surface area (TPSA) is 132 Å². The monoisotopic (exact) mass is 489 g/mol. The van der Waals surface area contributed by atoms with Crippen LogP contribution in [0.3, 0.4) is 0 Å². The van der Waals surface area contributed by atoms with Crippen molar-refractivity contribution >= 4 is 60.8 Å². The number of aromatic nitrogens is 2. The van der Waals surface area contributed by atoms with Crippen molar-refractivity contribution in [2.45, 2.75) is 55.1 Å². The molecule has 0 saturated heterocycles. The normalized spacial score (nSPS) is 18.1. The van der Waals surface area contributed by atoms with Gasteiger partial charge in [-0.2, -0.15) is 0 Å². The maximum atomic E-state index is 13.1. The maximum Gasteiger partial charge on any atom is 0.238 e. The Morgan fingerprint density at radius 1 is 1.28 bits per heavy atom. The summed E-state index contributed by atoms with van der Waals surface area (Å²) in [4.78, 5) is 26.2. The highest BCUT2D eigenvalue weighted by Crippen LogP contribution is 2.39. The van der Waals surface area contributed by atoms with Gasteiger partial charge in [0.2, 0.25) is 15.9 Å². The number of sulfonamides is 1. The molecule has 32 heavy (non-hydrogen) atoms. The number of nitrogen functional groups attached to an aromatic ring is 1. The van der Waals surface area contributed by atoms with E-state index in [1.807, 2.05) is 6.92 Å². The van der Waals surface area contributed by atoms with E-state index >= 15 is 0 Å². The van der Waals surface area contributed by atoms with Crippen LogP contribution in [0.5, 0.6) is 0 Å². The van der Waals surface area contributed by atoms with Gasteiger partial charge in [0.25, 0.3) is 0 Å². The third-order valence-electron chi connectivity index (χ3n) is 6.01. The van der Waals surface area contributed by atoms with E-state index in [1.54, 1.807) is 28.4 Å². The Balaban J connectivity index is 1.36. The zero-order chi connectivity index (χ0) is 22.6. The van der Waals surface area contributed by atoms with Gasteiger partial charge in [-0.3, -0.25) is 4.79 Å². The van der Waals surface area contributed by atoms with Crippen molar-refractivity contribution in [3.05, 3.63) is 34.2 Å². The summed E-state index contributed by atoms with van der Waals surface area (Å²) in [5.74, 6) is 0.564. The Morgan fingerprint density at radius 2 is 2.06 bits per heavy atom. The van der Waals surface area contributed by atoms with Crippen LogP contribution in [0.15, 0.2) is 28.3 Å². The van der Waals surface area contributed by atoms with Crippen LogP contribution in [0.25, 0.3) is 10.2 Å². The molecule has 0 saturated carbocycles. The molecule has 5 rings (SSSR count). The number of hydrogen-bond acceptors (Lipinski definition) is 8. The summed E-state index contributed by atoms with van der Waals surface area (Å²) in [7, 11) is -3.78. The number of benzene rings is 1. The Bertz CT molecular complexity index is 1350. The van der Waals surface area contributed by atoms with E-state index < -0.39 is 10.0 Å². The second-order valence-electron chi connectivity index (χ2n) is 8.22. The highest BCUT2D eigenvalue weighted by molar-refractivity contribution is 7.99. The Hall–Kier alpha value is -2.21. The van der Waals surface area contributed by atoms with Crippen LogP contribution in [0.2, 0.25) is 0 Å².